The van der Waals surface area contributed by atoms with Crippen molar-refractivity contribution in [1.29, 1.82) is 0 Å². The molecule has 3 heteroatoms. The van der Waals surface area contributed by atoms with Crippen LogP contribution in [0.4, 0.5) is 0 Å². The maximum absolute atomic E-state index is 11.4. The first-order chi connectivity index (χ1) is 5.20. The number of likely N-dealkylation sites (tertiary alicyclic amines) is 1. The molecule has 0 saturated carbocycles. The molecule has 0 bridgehead atoms. The van der Waals surface area contributed by atoms with E-state index < -0.39 is 0 Å². The summed E-state index contributed by atoms with van der Waals surface area (Å²) >= 11 is 1.61. The summed E-state index contributed by atoms with van der Waals surface area (Å²) in [6, 6.07) is 0. The molecule has 0 radical (unpaired) electrons. The second kappa shape index (κ2) is 3.30. The lowest BCUT2D eigenvalue weighted by molar-refractivity contribution is -0.126. The van der Waals surface area contributed by atoms with Gasteiger partial charge in [0, 0.05) is 18.7 Å². The topological polar surface area (TPSA) is 20.3 Å². The number of hydrogen-bond donors (Lipinski definition) is 0. The van der Waals surface area contributed by atoms with Crippen LogP contribution in [0.3, 0.4) is 0 Å². The van der Waals surface area contributed by atoms with Crippen LogP contribution in [-0.4, -0.2) is 28.9 Å². The van der Waals surface area contributed by atoms with Gasteiger partial charge in [-0.05, 0) is 13.2 Å². The van der Waals surface area contributed by atoms with Gasteiger partial charge in [-0.1, -0.05) is 6.58 Å². The zero-order valence-corrected chi connectivity index (χ0v) is 7.78. The fourth-order valence-electron chi connectivity index (χ4n) is 1.30. The third kappa shape index (κ3) is 1.43. The number of rotatable bonds is 2. The Morgan fingerprint density at radius 2 is 2.45 bits per heavy atom. The third-order valence-electron chi connectivity index (χ3n) is 1.94. The average molecular weight is 171 g/mol. The van der Waals surface area contributed by atoms with Crippen molar-refractivity contribution in [2.75, 3.05) is 12.8 Å². The molecule has 1 aliphatic rings. The number of nitrogens with zero attached hydrogens (tertiary/aromatic N) is 1. The van der Waals surface area contributed by atoms with E-state index in [2.05, 4.69) is 6.58 Å². The van der Waals surface area contributed by atoms with Crippen molar-refractivity contribution in [2.24, 2.45) is 0 Å². The minimum atomic E-state index is 0.127. The van der Waals surface area contributed by atoms with Crippen LogP contribution >= 0.6 is 11.8 Å². The highest BCUT2D eigenvalue weighted by Gasteiger charge is 2.32. The molecule has 1 saturated heterocycles. The first kappa shape index (κ1) is 8.65. The third-order valence-corrected chi connectivity index (χ3v) is 2.88. The minimum Gasteiger partial charge on any atom is -0.316 e. The van der Waals surface area contributed by atoms with Crippen LogP contribution in [0.5, 0.6) is 0 Å². The van der Waals surface area contributed by atoms with E-state index in [4.69, 9.17) is 0 Å². The molecule has 0 aromatic rings. The number of allylic oxidation sites excluding steroid dienone is 1. The molecule has 0 aromatic carbocycles. The Labute approximate surface area is 71.6 Å². The van der Waals surface area contributed by atoms with Crippen molar-refractivity contribution < 1.29 is 4.79 Å². The highest BCUT2D eigenvalue weighted by molar-refractivity contribution is 7.99. The molecule has 62 valence electrons. The lowest BCUT2D eigenvalue weighted by Crippen LogP contribution is -2.26. The summed E-state index contributed by atoms with van der Waals surface area (Å²) in [6.07, 6.45) is 2.79. The first-order valence-corrected chi connectivity index (χ1v) is 5.01. The van der Waals surface area contributed by atoms with Gasteiger partial charge in [0.25, 0.3) is 0 Å². The zero-order valence-electron chi connectivity index (χ0n) is 6.96. The van der Waals surface area contributed by atoms with Crippen molar-refractivity contribution in [3.8, 4) is 0 Å². The summed E-state index contributed by atoms with van der Waals surface area (Å²) in [4.78, 5) is 13.2. The molecule has 1 heterocycles. The van der Waals surface area contributed by atoms with Crippen LogP contribution in [0, 0.1) is 0 Å². The van der Waals surface area contributed by atoms with Gasteiger partial charge in [-0.2, -0.15) is 11.8 Å². The summed E-state index contributed by atoms with van der Waals surface area (Å²) in [6.45, 7) is 6.58. The molecule has 11 heavy (non-hydrogen) atoms. The number of carbonyl (C=O) groups is 1. The fourth-order valence-corrected chi connectivity index (χ4v) is 1.99. The van der Waals surface area contributed by atoms with E-state index >= 15 is 0 Å². The van der Waals surface area contributed by atoms with Gasteiger partial charge in [-0.3, -0.25) is 4.79 Å². The van der Waals surface area contributed by atoms with E-state index in [1.807, 2.05) is 13.2 Å². The molecule has 1 amide bonds. The van der Waals surface area contributed by atoms with Gasteiger partial charge in [0.15, 0.2) is 0 Å². The maximum Gasteiger partial charge on any atom is 0.240 e. The standard InChI is InChI=1S/C8H13NOS/c1-4-9-6(2)5-7(11-3)8(9)10/h7H,2,4-5H2,1,3H3. The molecule has 1 aliphatic heterocycles. The Balaban J connectivity index is 2.71. The largest absolute Gasteiger partial charge is 0.316 e. The summed E-state index contributed by atoms with van der Waals surface area (Å²) in [5, 5.41) is 0.127. The normalized spacial score (nSPS) is 24.9. The van der Waals surface area contributed by atoms with Crippen LogP contribution in [-0.2, 0) is 4.79 Å². The summed E-state index contributed by atoms with van der Waals surface area (Å²) in [5.41, 5.74) is 0.969. The van der Waals surface area contributed by atoms with Gasteiger partial charge in [0.2, 0.25) is 5.91 Å². The quantitative estimate of drug-likeness (QED) is 0.627. The minimum absolute atomic E-state index is 0.127. The van der Waals surface area contributed by atoms with Crippen molar-refractivity contribution in [1.82, 2.24) is 4.90 Å². The van der Waals surface area contributed by atoms with Gasteiger partial charge in [-0.15, -0.1) is 0 Å². The van der Waals surface area contributed by atoms with Gasteiger partial charge < -0.3 is 4.90 Å². The molecule has 1 atom stereocenters. The molecule has 1 fully saturated rings. The number of thioether (sulfide) groups is 1. The Bertz CT molecular complexity index is 191. The highest BCUT2D eigenvalue weighted by Crippen LogP contribution is 2.28. The van der Waals surface area contributed by atoms with Crippen LogP contribution in [0.25, 0.3) is 0 Å². The van der Waals surface area contributed by atoms with Crippen LogP contribution in [0.2, 0.25) is 0 Å². The molecule has 2 nitrogen and oxygen atoms in total. The van der Waals surface area contributed by atoms with Crippen molar-refractivity contribution in [2.45, 2.75) is 18.6 Å². The Hall–Kier alpha value is -0.440. The molecule has 0 aromatic heterocycles. The highest BCUT2D eigenvalue weighted by atomic mass is 32.2. The predicted molar refractivity (Wildman–Crippen MR) is 48.4 cm³/mol. The summed E-state index contributed by atoms with van der Waals surface area (Å²) in [5.74, 6) is 0.227. The van der Waals surface area contributed by atoms with Crippen molar-refractivity contribution >= 4 is 17.7 Å². The average Bonchev–Trinajstić information content (AvgIpc) is 2.26. The molecular formula is C8H13NOS. The lowest BCUT2D eigenvalue weighted by Gasteiger charge is -2.13. The Morgan fingerprint density at radius 1 is 1.82 bits per heavy atom. The number of carbonyl (C=O) groups excluding carboxylic acids is 1. The van der Waals surface area contributed by atoms with Crippen LogP contribution in [0.1, 0.15) is 13.3 Å². The lowest BCUT2D eigenvalue weighted by atomic mass is 10.3. The first-order valence-electron chi connectivity index (χ1n) is 3.72. The Morgan fingerprint density at radius 3 is 2.73 bits per heavy atom. The molecular weight excluding hydrogens is 158 g/mol. The van der Waals surface area contributed by atoms with Crippen molar-refractivity contribution in [3.63, 3.8) is 0 Å². The number of amides is 1. The molecule has 1 unspecified atom stereocenters. The zero-order chi connectivity index (χ0) is 8.43. The van der Waals surface area contributed by atoms with E-state index in [0.717, 1.165) is 18.7 Å². The van der Waals surface area contributed by atoms with Crippen LogP contribution in [0.15, 0.2) is 12.3 Å². The molecule has 0 aliphatic carbocycles. The summed E-state index contributed by atoms with van der Waals surface area (Å²) < 4.78 is 0. The molecule has 0 spiro atoms. The Kier molecular flexibility index (Phi) is 2.60. The van der Waals surface area contributed by atoms with Gasteiger partial charge in [-0.25, -0.2) is 0 Å². The van der Waals surface area contributed by atoms with Crippen molar-refractivity contribution in [3.05, 3.63) is 12.3 Å². The van der Waals surface area contributed by atoms with E-state index in [9.17, 15) is 4.79 Å². The number of hydrogen-bond acceptors (Lipinski definition) is 2. The smallest absolute Gasteiger partial charge is 0.240 e. The van der Waals surface area contributed by atoms with E-state index in [-0.39, 0.29) is 11.2 Å². The SMILES string of the molecule is C=C1CC(SC)C(=O)N1CC. The fraction of sp³-hybridized carbons (Fsp3) is 0.625. The van der Waals surface area contributed by atoms with Gasteiger partial charge >= 0.3 is 0 Å². The monoisotopic (exact) mass is 171 g/mol. The second-order valence-corrected chi connectivity index (χ2v) is 3.62. The van der Waals surface area contributed by atoms with Crippen LogP contribution < -0.4 is 0 Å². The van der Waals surface area contributed by atoms with E-state index in [1.54, 1.807) is 16.7 Å². The van der Waals surface area contributed by atoms with Gasteiger partial charge in [0.05, 0.1) is 5.25 Å². The molecule has 1 rings (SSSR count). The van der Waals surface area contributed by atoms with Gasteiger partial charge in [0.1, 0.15) is 0 Å². The van der Waals surface area contributed by atoms with E-state index in [0.29, 0.717) is 0 Å². The molecule has 0 N–H and O–H groups in total. The maximum atomic E-state index is 11.4. The summed E-state index contributed by atoms with van der Waals surface area (Å²) in [7, 11) is 0. The van der Waals surface area contributed by atoms with E-state index in [1.165, 1.54) is 0 Å². The second-order valence-electron chi connectivity index (χ2n) is 2.58. The predicted octanol–water partition coefficient (Wildman–Crippen LogP) is 1.48.